The average molecular weight is 234 g/mol. The minimum Gasteiger partial charge on any atom is -0.352 e. The van der Waals surface area contributed by atoms with Crippen LogP contribution in [0, 0.1) is 0 Å². The molecule has 15 heavy (non-hydrogen) atoms. The highest BCUT2D eigenvalue weighted by molar-refractivity contribution is 7.84. The summed E-state index contributed by atoms with van der Waals surface area (Å²) in [4.78, 5) is 11.5. The van der Waals surface area contributed by atoms with E-state index in [2.05, 4.69) is 10.6 Å². The Labute approximate surface area is 94.7 Å². The molecule has 3 atom stereocenters. The number of hydrogen-bond donors (Lipinski definition) is 2. The highest BCUT2D eigenvalue weighted by Crippen LogP contribution is 1.90. The summed E-state index contributed by atoms with van der Waals surface area (Å²) in [6.07, 6.45) is 2.59. The third kappa shape index (κ3) is 7.50. The molecule has 1 amide bonds. The van der Waals surface area contributed by atoms with Crippen molar-refractivity contribution in [3.05, 3.63) is 0 Å². The van der Waals surface area contributed by atoms with Crippen molar-refractivity contribution in [2.45, 2.75) is 39.3 Å². The largest absolute Gasteiger partial charge is 0.352 e. The Bertz CT molecular complexity index is 221. The second-order valence-electron chi connectivity index (χ2n) is 3.77. The lowest BCUT2D eigenvalue weighted by Crippen LogP contribution is -2.46. The highest BCUT2D eigenvalue weighted by atomic mass is 32.2. The van der Waals surface area contributed by atoms with E-state index in [4.69, 9.17) is 0 Å². The highest BCUT2D eigenvalue weighted by Gasteiger charge is 2.13. The first-order chi connectivity index (χ1) is 6.97. The van der Waals surface area contributed by atoms with E-state index in [1.165, 1.54) is 0 Å². The second-order valence-corrected chi connectivity index (χ2v) is 5.33. The van der Waals surface area contributed by atoms with Gasteiger partial charge in [0.1, 0.15) is 0 Å². The molecule has 0 spiro atoms. The summed E-state index contributed by atoms with van der Waals surface area (Å²) in [5, 5.41) is 5.93. The summed E-state index contributed by atoms with van der Waals surface area (Å²) in [5.41, 5.74) is 0. The summed E-state index contributed by atoms with van der Waals surface area (Å²) < 4.78 is 10.8. The molecule has 2 N–H and O–H groups in total. The molecule has 0 saturated heterocycles. The second kappa shape index (κ2) is 7.82. The normalized spacial score (nSPS) is 16.8. The van der Waals surface area contributed by atoms with Crippen LogP contribution in [0.2, 0.25) is 0 Å². The van der Waals surface area contributed by atoms with Crippen molar-refractivity contribution < 1.29 is 9.00 Å². The van der Waals surface area contributed by atoms with E-state index < -0.39 is 10.8 Å². The van der Waals surface area contributed by atoms with Crippen molar-refractivity contribution in [3.63, 3.8) is 0 Å². The van der Waals surface area contributed by atoms with E-state index >= 15 is 0 Å². The summed E-state index contributed by atoms with van der Waals surface area (Å²) in [6, 6.07) is -0.00962. The lowest BCUT2D eigenvalue weighted by Gasteiger charge is -2.17. The number of carbonyl (C=O) groups is 1. The van der Waals surface area contributed by atoms with Crippen LogP contribution in [0.25, 0.3) is 0 Å². The van der Waals surface area contributed by atoms with Crippen LogP contribution in [0.3, 0.4) is 0 Å². The minimum atomic E-state index is -0.802. The van der Waals surface area contributed by atoms with E-state index in [-0.39, 0.29) is 18.0 Å². The molecule has 0 aromatic carbocycles. The molecule has 4 nitrogen and oxygen atoms in total. The molecule has 0 rings (SSSR count). The zero-order chi connectivity index (χ0) is 11.8. The first-order valence-electron chi connectivity index (χ1n) is 5.31. The maximum Gasteiger partial charge on any atom is 0.237 e. The smallest absolute Gasteiger partial charge is 0.237 e. The Morgan fingerprint density at radius 1 is 1.40 bits per heavy atom. The molecule has 0 saturated carbocycles. The summed E-state index contributed by atoms with van der Waals surface area (Å²) >= 11 is 0. The summed E-state index contributed by atoms with van der Waals surface area (Å²) in [7, 11) is -0.802. The molecular weight excluding hydrogens is 212 g/mol. The van der Waals surface area contributed by atoms with Crippen molar-refractivity contribution in [2.24, 2.45) is 0 Å². The van der Waals surface area contributed by atoms with Crippen LogP contribution in [-0.4, -0.2) is 40.8 Å². The molecule has 0 radical (unpaired) electrons. The summed E-state index contributed by atoms with van der Waals surface area (Å²) in [6.45, 7) is 6.43. The summed E-state index contributed by atoms with van der Waals surface area (Å²) in [5.74, 6) is 0.590. The van der Waals surface area contributed by atoms with Gasteiger partial charge < -0.3 is 10.6 Å². The van der Waals surface area contributed by atoms with Gasteiger partial charge in [-0.15, -0.1) is 0 Å². The molecule has 90 valence electrons. The van der Waals surface area contributed by atoms with Gasteiger partial charge in [-0.25, -0.2) is 0 Å². The molecule has 0 aliphatic heterocycles. The van der Waals surface area contributed by atoms with Gasteiger partial charge in [0.25, 0.3) is 0 Å². The van der Waals surface area contributed by atoms with E-state index in [0.29, 0.717) is 12.3 Å². The predicted octanol–water partition coefficient (Wildman–Crippen LogP) is 0.258. The lowest BCUT2D eigenvalue weighted by atomic mass is 10.2. The Hall–Kier alpha value is -0.420. The van der Waals surface area contributed by atoms with E-state index in [0.717, 1.165) is 6.42 Å². The lowest BCUT2D eigenvalue weighted by molar-refractivity contribution is -0.123. The van der Waals surface area contributed by atoms with E-state index in [1.807, 2.05) is 20.8 Å². The van der Waals surface area contributed by atoms with Crippen LogP contribution in [-0.2, 0) is 15.6 Å². The predicted molar refractivity (Wildman–Crippen MR) is 64.3 cm³/mol. The van der Waals surface area contributed by atoms with Gasteiger partial charge in [-0.3, -0.25) is 9.00 Å². The molecule has 0 aliphatic rings. The average Bonchev–Trinajstić information content (AvgIpc) is 2.16. The molecule has 5 heteroatoms. The van der Waals surface area contributed by atoms with Gasteiger partial charge in [0.15, 0.2) is 0 Å². The Morgan fingerprint density at radius 3 is 2.47 bits per heavy atom. The standard InChI is InChI=1S/C10H22N2O2S/c1-5-8(2)12-10(13)9(3)11-6-7-15(4)14/h8-9,11H,5-7H2,1-4H3,(H,12,13). The van der Waals surface area contributed by atoms with Gasteiger partial charge in [0, 0.05) is 35.4 Å². The Kier molecular flexibility index (Phi) is 7.60. The number of rotatable bonds is 7. The first-order valence-corrected chi connectivity index (χ1v) is 7.03. The molecule has 0 aliphatic carbocycles. The van der Waals surface area contributed by atoms with Crippen LogP contribution in [0.4, 0.5) is 0 Å². The number of amides is 1. The molecule has 0 fully saturated rings. The number of hydrogen-bond acceptors (Lipinski definition) is 3. The molecule has 0 aromatic heterocycles. The van der Waals surface area contributed by atoms with Crippen molar-refractivity contribution in [2.75, 3.05) is 18.6 Å². The maximum atomic E-state index is 11.5. The number of carbonyl (C=O) groups excluding carboxylic acids is 1. The maximum absolute atomic E-state index is 11.5. The van der Waals surface area contributed by atoms with Crippen LogP contribution in [0.15, 0.2) is 0 Å². The van der Waals surface area contributed by atoms with Gasteiger partial charge in [-0.1, -0.05) is 6.92 Å². The fraction of sp³-hybridized carbons (Fsp3) is 0.900. The van der Waals surface area contributed by atoms with Crippen molar-refractivity contribution in [1.29, 1.82) is 0 Å². The van der Waals surface area contributed by atoms with Gasteiger partial charge in [0.05, 0.1) is 6.04 Å². The van der Waals surface area contributed by atoms with Crippen LogP contribution in [0.5, 0.6) is 0 Å². The third-order valence-corrected chi connectivity index (χ3v) is 3.01. The molecule has 0 aromatic rings. The molecule has 0 bridgehead atoms. The van der Waals surface area contributed by atoms with Gasteiger partial charge in [-0.05, 0) is 20.3 Å². The van der Waals surface area contributed by atoms with Gasteiger partial charge in [-0.2, -0.15) is 0 Å². The molecule has 0 heterocycles. The SMILES string of the molecule is CCC(C)NC(=O)C(C)NCCS(C)=O. The molecule has 3 unspecified atom stereocenters. The van der Waals surface area contributed by atoms with Crippen molar-refractivity contribution in [3.8, 4) is 0 Å². The topological polar surface area (TPSA) is 58.2 Å². The zero-order valence-electron chi connectivity index (χ0n) is 10.0. The fourth-order valence-corrected chi connectivity index (χ4v) is 1.39. The van der Waals surface area contributed by atoms with E-state index in [9.17, 15) is 9.00 Å². The molecular formula is C10H22N2O2S. The van der Waals surface area contributed by atoms with Crippen molar-refractivity contribution >= 4 is 16.7 Å². The monoisotopic (exact) mass is 234 g/mol. The van der Waals surface area contributed by atoms with Crippen LogP contribution >= 0.6 is 0 Å². The fourth-order valence-electron chi connectivity index (χ4n) is 0.982. The van der Waals surface area contributed by atoms with Crippen LogP contribution < -0.4 is 10.6 Å². The van der Waals surface area contributed by atoms with E-state index in [1.54, 1.807) is 6.26 Å². The Morgan fingerprint density at radius 2 is 2.00 bits per heavy atom. The minimum absolute atomic E-state index is 0.00577. The van der Waals surface area contributed by atoms with Crippen LogP contribution in [0.1, 0.15) is 27.2 Å². The third-order valence-electron chi connectivity index (χ3n) is 2.23. The number of nitrogens with one attached hydrogen (secondary N) is 2. The zero-order valence-corrected chi connectivity index (χ0v) is 10.8. The van der Waals surface area contributed by atoms with Gasteiger partial charge >= 0.3 is 0 Å². The Balaban J connectivity index is 3.74. The first kappa shape index (κ1) is 14.6. The van der Waals surface area contributed by atoms with Crippen molar-refractivity contribution in [1.82, 2.24) is 10.6 Å². The quantitative estimate of drug-likeness (QED) is 0.664. The van der Waals surface area contributed by atoms with Gasteiger partial charge in [0.2, 0.25) is 5.91 Å².